The Morgan fingerprint density at radius 3 is 2.94 bits per heavy atom. The van der Waals surface area contributed by atoms with E-state index in [0.29, 0.717) is 18.9 Å². The van der Waals surface area contributed by atoms with Crippen molar-refractivity contribution in [2.75, 3.05) is 18.0 Å². The predicted octanol–water partition coefficient (Wildman–Crippen LogP) is -0.0732. The number of carboxylic acid groups (broad SMARTS) is 1. The maximum absolute atomic E-state index is 11.1. The molecule has 16 heavy (non-hydrogen) atoms. The molecule has 1 aromatic rings. The van der Waals surface area contributed by atoms with Crippen molar-refractivity contribution in [2.24, 2.45) is 11.8 Å². The van der Waals surface area contributed by atoms with Gasteiger partial charge in [0.25, 0.3) is 5.56 Å². The zero-order valence-corrected chi connectivity index (χ0v) is 8.88. The lowest BCUT2D eigenvalue weighted by atomic mass is 9.99. The van der Waals surface area contributed by atoms with Gasteiger partial charge in [-0.3, -0.25) is 9.59 Å². The summed E-state index contributed by atoms with van der Waals surface area (Å²) in [4.78, 5) is 30.3. The molecule has 0 saturated carbocycles. The number of nitrogens with zero attached hydrogens (tertiary/aromatic N) is 2. The number of carboxylic acids is 1. The molecule has 6 nitrogen and oxygen atoms in total. The molecule has 2 rings (SSSR count). The Morgan fingerprint density at radius 2 is 2.38 bits per heavy atom. The Bertz CT molecular complexity index is 457. The number of rotatable bonds is 2. The van der Waals surface area contributed by atoms with Crippen molar-refractivity contribution in [3.05, 3.63) is 22.7 Å². The maximum atomic E-state index is 11.1. The van der Waals surface area contributed by atoms with Crippen LogP contribution in [-0.2, 0) is 4.79 Å². The van der Waals surface area contributed by atoms with Crippen LogP contribution in [0.5, 0.6) is 0 Å². The van der Waals surface area contributed by atoms with Crippen molar-refractivity contribution >= 4 is 11.8 Å². The van der Waals surface area contributed by atoms with E-state index in [1.807, 2.05) is 11.8 Å². The monoisotopic (exact) mass is 223 g/mol. The molecule has 6 heteroatoms. The second kappa shape index (κ2) is 3.96. The molecule has 0 radical (unpaired) electrons. The molecule has 0 spiro atoms. The molecule has 0 aliphatic carbocycles. The van der Waals surface area contributed by atoms with Crippen LogP contribution in [0, 0.1) is 11.8 Å². The zero-order chi connectivity index (χ0) is 11.7. The van der Waals surface area contributed by atoms with Gasteiger partial charge in [-0.1, -0.05) is 6.92 Å². The highest BCUT2D eigenvalue weighted by Gasteiger charge is 2.35. The topological polar surface area (TPSA) is 86.3 Å². The number of nitrogens with one attached hydrogen (secondary N) is 1. The molecule has 1 saturated heterocycles. The van der Waals surface area contributed by atoms with Gasteiger partial charge in [0.2, 0.25) is 0 Å². The fraction of sp³-hybridized carbons (Fsp3) is 0.500. The van der Waals surface area contributed by atoms with E-state index in [1.165, 1.54) is 12.4 Å². The summed E-state index contributed by atoms with van der Waals surface area (Å²) < 4.78 is 0. The van der Waals surface area contributed by atoms with E-state index < -0.39 is 5.97 Å². The van der Waals surface area contributed by atoms with Gasteiger partial charge >= 0.3 is 5.97 Å². The van der Waals surface area contributed by atoms with Crippen LogP contribution in [0.25, 0.3) is 0 Å². The van der Waals surface area contributed by atoms with Crippen molar-refractivity contribution in [2.45, 2.75) is 6.92 Å². The number of aliphatic carboxylic acids is 1. The average molecular weight is 223 g/mol. The molecule has 2 heterocycles. The summed E-state index contributed by atoms with van der Waals surface area (Å²) in [7, 11) is 0. The molecule has 1 aliphatic heterocycles. The Morgan fingerprint density at radius 1 is 1.62 bits per heavy atom. The third kappa shape index (κ3) is 1.91. The highest BCUT2D eigenvalue weighted by atomic mass is 16.4. The lowest BCUT2D eigenvalue weighted by Gasteiger charge is -2.15. The molecular weight excluding hydrogens is 210 g/mol. The van der Waals surface area contributed by atoms with Gasteiger partial charge < -0.3 is 15.0 Å². The summed E-state index contributed by atoms with van der Waals surface area (Å²) in [6.45, 7) is 2.92. The van der Waals surface area contributed by atoms with E-state index in [0.717, 1.165) is 0 Å². The van der Waals surface area contributed by atoms with Crippen LogP contribution in [-0.4, -0.2) is 34.1 Å². The summed E-state index contributed by atoms with van der Waals surface area (Å²) in [6.07, 6.45) is 1.33. The highest BCUT2D eigenvalue weighted by Crippen LogP contribution is 2.26. The number of H-pyrrole nitrogens is 1. The van der Waals surface area contributed by atoms with Crippen LogP contribution in [0.4, 0.5) is 5.82 Å². The Hall–Kier alpha value is -1.85. The van der Waals surface area contributed by atoms with E-state index in [9.17, 15) is 9.59 Å². The normalized spacial score (nSPS) is 24.7. The SMILES string of the molecule is C[C@@H]1CN(c2cc(=O)[nH]cn2)C[C@H]1C(=O)O. The van der Waals surface area contributed by atoms with Gasteiger partial charge in [-0.2, -0.15) is 0 Å². The van der Waals surface area contributed by atoms with Crippen LogP contribution in [0.2, 0.25) is 0 Å². The number of hydrogen-bond donors (Lipinski definition) is 2. The summed E-state index contributed by atoms with van der Waals surface area (Å²) in [5, 5.41) is 8.99. The van der Waals surface area contributed by atoms with E-state index in [4.69, 9.17) is 5.11 Å². The molecule has 1 aromatic heterocycles. The molecule has 2 atom stereocenters. The van der Waals surface area contributed by atoms with Crippen molar-refractivity contribution in [3.63, 3.8) is 0 Å². The minimum atomic E-state index is -0.792. The number of aromatic amines is 1. The first-order valence-electron chi connectivity index (χ1n) is 5.10. The first-order valence-corrected chi connectivity index (χ1v) is 5.10. The number of hydrogen-bond acceptors (Lipinski definition) is 4. The van der Waals surface area contributed by atoms with Crippen LogP contribution in [0.1, 0.15) is 6.92 Å². The fourth-order valence-electron chi connectivity index (χ4n) is 2.01. The standard InChI is InChI=1S/C10H13N3O3/c1-6-3-13(4-7(6)10(15)16)8-2-9(14)12-5-11-8/h2,5-7H,3-4H2,1H3,(H,15,16)(H,11,12,14)/t6-,7-/m1/s1. The molecule has 86 valence electrons. The minimum Gasteiger partial charge on any atom is -0.481 e. The molecule has 0 amide bonds. The van der Waals surface area contributed by atoms with Gasteiger partial charge in [0.05, 0.1) is 12.2 Å². The van der Waals surface area contributed by atoms with E-state index in [2.05, 4.69) is 9.97 Å². The van der Waals surface area contributed by atoms with Crippen LogP contribution in [0.15, 0.2) is 17.2 Å². The molecule has 2 N–H and O–H groups in total. The van der Waals surface area contributed by atoms with Crippen LogP contribution >= 0.6 is 0 Å². The van der Waals surface area contributed by atoms with Gasteiger partial charge in [0, 0.05) is 19.2 Å². The maximum Gasteiger partial charge on any atom is 0.308 e. The van der Waals surface area contributed by atoms with Crippen LogP contribution in [0.3, 0.4) is 0 Å². The smallest absolute Gasteiger partial charge is 0.308 e. The second-order valence-electron chi connectivity index (χ2n) is 4.10. The third-order valence-electron chi connectivity index (χ3n) is 2.92. The minimum absolute atomic E-state index is 0.0681. The zero-order valence-electron chi connectivity index (χ0n) is 8.88. The van der Waals surface area contributed by atoms with Gasteiger partial charge in [-0.15, -0.1) is 0 Å². The third-order valence-corrected chi connectivity index (χ3v) is 2.92. The molecule has 1 fully saturated rings. The van der Waals surface area contributed by atoms with Gasteiger partial charge in [-0.25, -0.2) is 4.98 Å². The molecule has 0 unspecified atom stereocenters. The highest BCUT2D eigenvalue weighted by molar-refractivity contribution is 5.72. The summed E-state index contributed by atoms with van der Waals surface area (Å²) in [5.41, 5.74) is -0.226. The van der Waals surface area contributed by atoms with E-state index in [1.54, 1.807) is 0 Å². The lowest BCUT2D eigenvalue weighted by Crippen LogP contribution is -2.24. The average Bonchev–Trinajstić information content (AvgIpc) is 2.60. The number of carbonyl (C=O) groups is 1. The Kier molecular flexibility index (Phi) is 2.64. The van der Waals surface area contributed by atoms with Gasteiger partial charge in [0.15, 0.2) is 0 Å². The second-order valence-corrected chi connectivity index (χ2v) is 4.10. The fourth-order valence-corrected chi connectivity index (χ4v) is 2.01. The quantitative estimate of drug-likeness (QED) is 0.732. The van der Waals surface area contributed by atoms with Gasteiger partial charge in [-0.05, 0) is 5.92 Å². The van der Waals surface area contributed by atoms with Crippen molar-refractivity contribution < 1.29 is 9.90 Å². The van der Waals surface area contributed by atoms with E-state index in [-0.39, 0.29) is 17.4 Å². The Balaban J connectivity index is 2.20. The predicted molar refractivity (Wildman–Crippen MR) is 57.4 cm³/mol. The van der Waals surface area contributed by atoms with Crippen molar-refractivity contribution in [3.8, 4) is 0 Å². The van der Waals surface area contributed by atoms with E-state index >= 15 is 0 Å². The van der Waals surface area contributed by atoms with Crippen molar-refractivity contribution in [1.82, 2.24) is 9.97 Å². The number of aromatic nitrogens is 2. The summed E-state index contributed by atoms with van der Waals surface area (Å²) in [6, 6.07) is 1.39. The largest absolute Gasteiger partial charge is 0.481 e. The first-order chi connectivity index (χ1) is 7.58. The van der Waals surface area contributed by atoms with Crippen molar-refractivity contribution in [1.29, 1.82) is 0 Å². The molecule has 1 aliphatic rings. The van der Waals surface area contributed by atoms with Crippen LogP contribution < -0.4 is 10.5 Å². The number of anilines is 1. The summed E-state index contributed by atoms with van der Waals surface area (Å²) >= 11 is 0. The lowest BCUT2D eigenvalue weighted by molar-refractivity contribution is -0.142. The Labute approximate surface area is 91.9 Å². The first kappa shape index (κ1) is 10.7. The molecule has 0 bridgehead atoms. The summed E-state index contributed by atoms with van der Waals surface area (Å²) in [5.74, 6) is -0.570. The van der Waals surface area contributed by atoms with Gasteiger partial charge in [0.1, 0.15) is 5.82 Å². The molecular formula is C10H13N3O3. The molecule has 0 aromatic carbocycles.